The van der Waals surface area contributed by atoms with E-state index in [2.05, 4.69) is 4.98 Å². The predicted octanol–water partition coefficient (Wildman–Crippen LogP) is -0.228. The van der Waals surface area contributed by atoms with Crippen molar-refractivity contribution in [3.63, 3.8) is 0 Å². The fourth-order valence-electron chi connectivity index (χ4n) is 1.40. The molecule has 1 aromatic rings. The number of hydrogen-bond acceptors (Lipinski definition) is 3. The Morgan fingerprint density at radius 3 is 3.27 bits per heavy atom. The molecule has 1 aliphatic rings. The smallest absolute Gasteiger partial charge is 0.293 e. The van der Waals surface area contributed by atoms with Gasteiger partial charge in [-0.15, -0.1) is 0 Å². The molecule has 0 aliphatic carbocycles. The third-order valence-electron chi connectivity index (χ3n) is 1.98. The Morgan fingerprint density at radius 2 is 2.45 bits per heavy atom. The zero-order chi connectivity index (χ0) is 7.84. The Hall–Kier alpha value is -1.32. The monoisotopic (exact) mass is 151 g/mol. The van der Waals surface area contributed by atoms with Gasteiger partial charge in [0.1, 0.15) is 0 Å². The molecule has 2 heterocycles. The second kappa shape index (κ2) is 2.08. The molecule has 0 radical (unpaired) electrons. The second-order valence-corrected chi connectivity index (χ2v) is 2.70. The molecule has 0 bridgehead atoms. The van der Waals surface area contributed by atoms with E-state index in [0.29, 0.717) is 0 Å². The first-order valence-corrected chi connectivity index (χ1v) is 3.63. The van der Waals surface area contributed by atoms with Crippen LogP contribution in [0.2, 0.25) is 0 Å². The molecule has 0 atom stereocenters. The number of rotatable bonds is 0. The van der Waals surface area contributed by atoms with Crippen LogP contribution in [0.1, 0.15) is 12.1 Å². The van der Waals surface area contributed by atoms with Crippen molar-refractivity contribution in [3.05, 3.63) is 22.2 Å². The van der Waals surface area contributed by atoms with Crippen molar-refractivity contribution >= 4 is 5.82 Å². The maximum atomic E-state index is 11.2. The van der Waals surface area contributed by atoms with E-state index in [9.17, 15) is 4.79 Å². The van der Waals surface area contributed by atoms with Gasteiger partial charge in [-0.3, -0.25) is 4.79 Å². The van der Waals surface area contributed by atoms with Crippen LogP contribution in [0.25, 0.3) is 0 Å². The fourth-order valence-corrected chi connectivity index (χ4v) is 1.40. The summed E-state index contributed by atoms with van der Waals surface area (Å²) in [5.74, 6) is 0.107. The number of nitrogens with zero attached hydrogens (tertiary/aromatic N) is 2. The van der Waals surface area contributed by atoms with Crippen molar-refractivity contribution in [2.45, 2.75) is 19.4 Å². The lowest BCUT2D eigenvalue weighted by molar-refractivity contribution is 0.718. The summed E-state index contributed by atoms with van der Waals surface area (Å²) in [7, 11) is 0. The average molecular weight is 151 g/mol. The molecular formula is C7H9N3O. The molecule has 4 heteroatoms. The lowest BCUT2D eigenvalue weighted by Crippen LogP contribution is -2.23. The normalized spacial score (nSPS) is 14.9. The molecule has 4 nitrogen and oxygen atoms in total. The quantitative estimate of drug-likeness (QED) is 0.557. The molecule has 0 saturated carbocycles. The number of nitrogen functional groups attached to an aromatic ring is 1. The fraction of sp³-hybridized carbons (Fsp3) is 0.429. The summed E-state index contributed by atoms with van der Waals surface area (Å²) >= 11 is 0. The Labute approximate surface area is 63.7 Å². The van der Waals surface area contributed by atoms with E-state index in [1.54, 1.807) is 10.8 Å². The molecule has 2 rings (SSSR count). The number of aryl methyl sites for hydroxylation is 1. The van der Waals surface area contributed by atoms with Crippen LogP contribution in [0.4, 0.5) is 5.82 Å². The Kier molecular flexibility index (Phi) is 1.21. The highest BCUT2D eigenvalue weighted by atomic mass is 16.1. The molecule has 58 valence electrons. The SMILES string of the molecule is Nc1ncc2n(c1=O)CCC2. The third kappa shape index (κ3) is 0.824. The van der Waals surface area contributed by atoms with E-state index in [-0.39, 0.29) is 11.4 Å². The van der Waals surface area contributed by atoms with E-state index in [4.69, 9.17) is 5.73 Å². The summed E-state index contributed by atoms with van der Waals surface area (Å²) < 4.78 is 1.70. The van der Waals surface area contributed by atoms with Crippen molar-refractivity contribution in [1.82, 2.24) is 9.55 Å². The van der Waals surface area contributed by atoms with Crippen LogP contribution < -0.4 is 11.3 Å². The van der Waals surface area contributed by atoms with Crippen LogP contribution in [0.5, 0.6) is 0 Å². The van der Waals surface area contributed by atoms with Gasteiger partial charge in [-0.05, 0) is 12.8 Å². The lowest BCUT2D eigenvalue weighted by atomic mass is 10.3. The number of fused-ring (bicyclic) bond motifs is 1. The highest BCUT2D eigenvalue weighted by molar-refractivity contribution is 5.25. The van der Waals surface area contributed by atoms with E-state index in [0.717, 1.165) is 25.1 Å². The highest BCUT2D eigenvalue weighted by Crippen LogP contribution is 2.09. The minimum absolute atomic E-state index is 0.107. The lowest BCUT2D eigenvalue weighted by Gasteiger charge is -2.00. The average Bonchev–Trinajstić information content (AvgIpc) is 2.45. The van der Waals surface area contributed by atoms with Gasteiger partial charge in [-0.2, -0.15) is 0 Å². The van der Waals surface area contributed by atoms with Gasteiger partial charge in [0, 0.05) is 18.4 Å². The maximum Gasteiger partial charge on any atom is 0.293 e. The molecule has 1 aromatic heterocycles. The van der Waals surface area contributed by atoms with Crippen LogP contribution in [-0.2, 0) is 13.0 Å². The van der Waals surface area contributed by atoms with Gasteiger partial charge in [-0.25, -0.2) is 4.98 Å². The summed E-state index contributed by atoms with van der Waals surface area (Å²) in [6, 6.07) is 0. The number of aromatic nitrogens is 2. The van der Waals surface area contributed by atoms with Crippen molar-refractivity contribution in [2.75, 3.05) is 5.73 Å². The number of nitrogens with two attached hydrogens (primary N) is 1. The topological polar surface area (TPSA) is 60.9 Å². The van der Waals surface area contributed by atoms with E-state index in [1.165, 1.54) is 0 Å². The molecule has 0 saturated heterocycles. The predicted molar refractivity (Wildman–Crippen MR) is 41.2 cm³/mol. The zero-order valence-corrected chi connectivity index (χ0v) is 6.08. The van der Waals surface area contributed by atoms with Crippen molar-refractivity contribution in [2.24, 2.45) is 0 Å². The van der Waals surface area contributed by atoms with Crippen LogP contribution in [-0.4, -0.2) is 9.55 Å². The summed E-state index contributed by atoms with van der Waals surface area (Å²) in [4.78, 5) is 15.0. The Morgan fingerprint density at radius 1 is 1.64 bits per heavy atom. The zero-order valence-electron chi connectivity index (χ0n) is 6.08. The second-order valence-electron chi connectivity index (χ2n) is 2.70. The Bertz CT molecular complexity index is 342. The van der Waals surface area contributed by atoms with Crippen LogP contribution in [0.15, 0.2) is 11.0 Å². The molecule has 11 heavy (non-hydrogen) atoms. The van der Waals surface area contributed by atoms with Gasteiger partial charge in [0.05, 0.1) is 0 Å². The van der Waals surface area contributed by atoms with E-state index < -0.39 is 0 Å². The highest BCUT2D eigenvalue weighted by Gasteiger charge is 2.12. The van der Waals surface area contributed by atoms with Crippen molar-refractivity contribution < 1.29 is 0 Å². The third-order valence-corrected chi connectivity index (χ3v) is 1.98. The van der Waals surface area contributed by atoms with Gasteiger partial charge in [0.15, 0.2) is 5.82 Å². The molecule has 1 aliphatic heterocycles. The van der Waals surface area contributed by atoms with Gasteiger partial charge in [-0.1, -0.05) is 0 Å². The number of hydrogen-bond donors (Lipinski definition) is 1. The standard InChI is InChI=1S/C7H9N3O/c8-6-7(11)10-3-1-2-5(10)4-9-6/h4H,1-3H2,(H2,8,9). The molecule has 0 fully saturated rings. The Balaban J connectivity index is 2.72. The van der Waals surface area contributed by atoms with E-state index >= 15 is 0 Å². The largest absolute Gasteiger partial charge is 0.379 e. The summed E-state index contributed by atoms with van der Waals surface area (Å²) in [5, 5.41) is 0. The summed E-state index contributed by atoms with van der Waals surface area (Å²) in [6.45, 7) is 0.793. The van der Waals surface area contributed by atoms with Gasteiger partial charge >= 0.3 is 0 Å². The molecule has 0 unspecified atom stereocenters. The van der Waals surface area contributed by atoms with Crippen LogP contribution in [0.3, 0.4) is 0 Å². The molecule has 0 amide bonds. The molecular weight excluding hydrogens is 142 g/mol. The molecule has 2 N–H and O–H groups in total. The van der Waals surface area contributed by atoms with Gasteiger partial charge in [0.25, 0.3) is 5.56 Å². The minimum Gasteiger partial charge on any atom is -0.379 e. The van der Waals surface area contributed by atoms with Crippen LogP contribution >= 0.6 is 0 Å². The first kappa shape index (κ1) is 6.39. The van der Waals surface area contributed by atoms with Crippen molar-refractivity contribution in [1.29, 1.82) is 0 Å². The van der Waals surface area contributed by atoms with Crippen molar-refractivity contribution in [3.8, 4) is 0 Å². The molecule has 0 spiro atoms. The first-order chi connectivity index (χ1) is 5.29. The minimum atomic E-state index is -0.139. The first-order valence-electron chi connectivity index (χ1n) is 3.63. The maximum absolute atomic E-state index is 11.2. The molecule has 0 aromatic carbocycles. The van der Waals surface area contributed by atoms with E-state index in [1.807, 2.05) is 0 Å². The van der Waals surface area contributed by atoms with Crippen LogP contribution in [0, 0.1) is 0 Å². The number of anilines is 1. The summed E-state index contributed by atoms with van der Waals surface area (Å²) in [5.41, 5.74) is 6.21. The van der Waals surface area contributed by atoms with Gasteiger partial charge in [0.2, 0.25) is 0 Å². The summed E-state index contributed by atoms with van der Waals surface area (Å²) in [6.07, 6.45) is 3.66. The van der Waals surface area contributed by atoms with Gasteiger partial charge < -0.3 is 10.3 Å².